The van der Waals surface area contributed by atoms with Crippen molar-refractivity contribution in [3.05, 3.63) is 60.7 Å². The van der Waals surface area contributed by atoms with Crippen LogP contribution in [0.2, 0.25) is 0 Å². The molecule has 0 radical (unpaired) electrons. The molecule has 0 aliphatic rings. The van der Waals surface area contributed by atoms with Crippen LogP contribution >= 0.6 is 0 Å². The van der Waals surface area contributed by atoms with Crippen LogP contribution in [0.15, 0.2) is 60.7 Å². The summed E-state index contributed by atoms with van der Waals surface area (Å²) in [6.07, 6.45) is 2.20. The molecule has 1 aromatic heterocycles. The zero-order chi connectivity index (χ0) is 18.2. The molecule has 0 spiro atoms. The summed E-state index contributed by atoms with van der Waals surface area (Å²) in [5.74, 6) is 2.12. The van der Waals surface area contributed by atoms with Gasteiger partial charge in [0.25, 0.3) is 0 Å². The Morgan fingerprint density at radius 2 is 1.73 bits per heavy atom. The lowest BCUT2D eigenvalue weighted by Gasteiger charge is -2.13. The normalized spacial score (nSPS) is 10.4. The number of unbranched alkanes of at least 4 members (excludes halogenated alkanes) is 1. The second-order valence-electron chi connectivity index (χ2n) is 5.93. The highest BCUT2D eigenvalue weighted by Gasteiger charge is 2.09. The number of ether oxygens (including phenoxy) is 1. The lowest BCUT2D eigenvalue weighted by molar-refractivity contribution is 0.417. The molecule has 0 unspecified atom stereocenters. The first-order valence-corrected chi connectivity index (χ1v) is 8.88. The van der Waals surface area contributed by atoms with Gasteiger partial charge in [-0.25, -0.2) is 4.98 Å². The van der Waals surface area contributed by atoms with Crippen molar-refractivity contribution in [3.63, 3.8) is 0 Å². The van der Waals surface area contributed by atoms with E-state index in [0.717, 1.165) is 47.9 Å². The number of hydrogen-bond acceptors (Lipinski definition) is 5. The number of para-hydroxylation sites is 2. The Morgan fingerprint density at radius 3 is 2.50 bits per heavy atom. The molecule has 0 fully saturated rings. The van der Waals surface area contributed by atoms with Crippen molar-refractivity contribution in [3.8, 4) is 17.0 Å². The summed E-state index contributed by atoms with van der Waals surface area (Å²) in [6.45, 7) is 3.01. The Morgan fingerprint density at radius 1 is 0.962 bits per heavy atom. The molecule has 3 aromatic rings. The van der Waals surface area contributed by atoms with Gasteiger partial charge in [-0.3, -0.25) is 0 Å². The molecule has 0 bridgehead atoms. The van der Waals surface area contributed by atoms with Gasteiger partial charge in [0.1, 0.15) is 11.6 Å². The molecule has 0 amide bonds. The van der Waals surface area contributed by atoms with Crippen molar-refractivity contribution >= 4 is 17.5 Å². The molecular formula is C21H24N4O. The summed E-state index contributed by atoms with van der Waals surface area (Å²) in [5.41, 5.74) is 2.79. The van der Waals surface area contributed by atoms with Gasteiger partial charge in [0.2, 0.25) is 5.95 Å². The van der Waals surface area contributed by atoms with Crippen molar-refractivity contribution in [2.24, 2.45) is 0 Å². The monoisotopic (exact) mass is 348 g/mol. The third kappa shape index (κ3) is 4.51. The summed E-state index contributed by atoms with van der Waals surface area (Å²) < 4.78 is 5.42. The van der Waals surface area contributed by atoms with Crippen molar-refractivity contribution in [2.75, 3.05) is 24.3 Å². The van der Waals surface area contributed by atoms with Gasteiger partial charge in [-0.2, -0.15) is 4.98 Å². The first kappa shape index (κ1) is 17.7. The van der Waals surface area contributed by atoms with E-state index in [0.29, 0.717) is 5.95 Å². The number of methoxy groups -OCH3 is 1. The lowest BCUT2D eigenvalue weighted by Crippen LogP contribution is -2.07. The molecule has 5 heteroatoms. The van der Waals surface area contributed by atoms with Gasteiger partial charge in [-0.15, -0.1) is 0 Å². The average Bonchev–Trinajstić information content (AvgIpc) is 2.69. The zero-order valence-electron chi connectivity index (χ0n) is 15.2. The van der Waals surface area contributed by atoms with Gasteiger partial charge in [0.05, 0.1) is 18.5 Å². The molecule has 0 saturated carbocycles. The number of hydrogen-bond donors (Lipinski definition) is 2. The Bertz CT molecular complexity index is 836. The molecule has 5 nitrogen and oxygen atoms in total. The number of aromatic nitrogens is 2. The average molecular weight is 348 g/mol. The standard InChI is InChI=1S/C21H24N4O/c1-3-4-14-22-21-24-18(16-10-6-5-7-11-16)15-20(25-21)23-17-12-8-9-13-19(17)26-2/h5-13,15H,3-4,14H2,1-2H3,(H2,22,23,24,25). The molecule has 0 aliphatic heterocycles. The Labute approximate surface area is 154 Å². The summed E-state index contributed by atoms with van der Waals surface area (Å²) in [6, 6.07) is 19.9. The largest absolute Gasteiger partial charge is 0.495 e. The van der Waals surface area contributed by atoms with Crippen LogP contribution in [-0.4, -0.2) is 23.6 Å². The minimum absolute atomic E-state index is 0.622. The van der Waals surface area contributed by atoms with E-state index in [-0.39, 0.29) is 0 Å². The number of benzene rings is 2. The quantitative estimate of drug-likeness (QED) is 0.554. The first-order chi connectivity index (χ1) is 12.8. The maximum absolute atomic E-state index is 5.42. The molecule has 0 atom stereocenters. The smallest absolute Gasteiger partial charge is 0.225 e. The Hall–Kier alpha value is -3.08. The molecule has 0 aliphatic carbocycles. The maximum Gasteiger partial charge on any atom is 0.225 e. The summed E-state index contributed by atoms with van der Waals surface area (Å²) in [4.78, 5) is 9.28. The number of nitrogens with zero attached hydrogens (tertiary/aromatic N) is 2. The highest BCUT2D eigenvalue weighted by atomic mass is 16.5. The van der Waals surface area contributed by atoms with Crippen LogP contribution in [0.5, 0.6) is 5.75 Å². The van der Waals surface area contributed by atoms with Crippen LogP contribution in [0.1, 0.15) is 19.8 Å². The van der Waals surface area contributed by atoms with E-state index in [1.54, 1.807) is 7.11 Å². The van der Waals surface area contributed by atoms with E-state index in [2.05, 4.69) is 27.5 Å². The SMILES string of the molecule is CCCCNc1nc(Nc2ccccc2OC)cc(-c2ccccc2)n1. The molecule has 134 valence electrons. The first-order valence-electron chi connectivity index (χ1n) is 8.88. The van der Waals surface area contributed by atoms with Crippen molar-refractivity contribution in [1.82, 2.24) is 9.97 Å². The minimum Gasteiger partial charge on any atom is -0.495 e. The lowest BCUT2D eigenvalue weighted by atomic mass is 10.1. The van der Waals surface area contributed by atoms with Crippen LogP contribution in [0.25, 0.3) is 11.3 Å². The van der Waals surface area contributed by atoms with E-state index in [9.17, 15) is 0 Å². The van der Waals surface area contributed by atoms with Crippen LogP contribution in [0.4, 0.5) is 17.5 Å². The third-order valence-electron chi connectivity index (χ3n) is 3.98. The highest BCUT2D eigenvalue weighted by Crippen LogP contribution is 2.28. The van der Waals surface area contributed by atoms with Crippen molar-refractivity contribution in [1.29, 1.82) is 0 Å². The fourth-order valence-electron chi connectivity index (χ4n) is 2.61. The molecule has 2 aromatic carbocycles. The number of rotatable bonds is 8. The third-order valence-corrected chi connectivity index (χ3v) is 3.98. The topological polar surface area (TPSA) is 59.1 Å². The predicted molar refractivity (Wildman–Crippen MR) is 107 cm³/mol. The second kappa shape index (κ2) is 8.85. The van der Waals surface area contributed by atoms with Gasteiger partial charge >= 0.3 is 0 Å². The second-order valence-corrected chi connectivity index (χ2v) is 5.93. The fourth-order valence-corrected chi connectivity index (χ4v) is 2.61. The Balaban J connectivity index is 1.93. The summed E-state index contributed by atoms with van der Waals surface area (Å²) in [7, 11) is 1.66. The molecule has 26 heavy (non-hydrogen) atoms. The van der Waals surface area contributed by atoms with E-state index < -0.39 is 0 Å². The molecule has 1 heterocycles. The predicted octanol–water partition coefficient (Wildman–Crippen LogP) is 5.11. The molecule has 0 saturated heterocycles. The van der Waals surface area contributed by atoms with E-state index in [1.807, 2.05) is 60.7 Å². The Kier molecular flexibility index (Phi) is 6.04. The van der Waals surface area contributed by atoms with Gasteiger partial charge in [0, 0.05) is 18.2 Å². The van der Waals surface area contributed by atoms with Crippen LogP contribution in [0.3, 0.4) is 0 Å². The van der Waals surface area contributed by atoms with Gasteiger partial charge in [-0.05, 0) is 18.6 Å². The summed E-state index contributed by atoms with van der Waals surface area (Å²) in [5, 5.41) is 6.67. The van der Waals surface area contributed by atoms with Gasteiger partial charge < -0.3 is 15.4 Å². The number of nitrogens with one attached hydrogen (secondary N) is 2. The van der Waals surface area contributed by atoms with Crippen LogP contribution in [0, 0.1) is 0 Å². The van der Waals surface area contributed by atoms with Crippen molar-refractivity contribution < 1.29 is 4.74 Å². The fraction of sp³-hybridized carbons (Fsp3) is 0.238. The summed E-state index contributed by atoms with van der Waals surface area (Å²) >= 11 is 0. The van der Waals surface area contributed by atoms with Gasteiger partial charge in [0.15, 0.2) is 0 Å². The van der Waals surface area contributed by atoms with E-state index >= 15 is 0 Å². The zero-order valence-corrected chi connectivity index (χ0v) is 15.2. The maximum atomic E-state index is 5.42. The van der Waals surface area contributed by atoms with Crippen molar-refractivity contribution in [2.45, 2.75) is 19.8 Å². The van der Waals surface area contributed by atoms with Crippen LogP contribution < -0.4 is 15.4 Å². The van der Waals surface area contributed by atoms with Gasteiger partial charge in [-0.1, -0.05) is 55.8 Å². The molecular weight excluding hydrogens is 324 g/mol. The van der Waals surface area contributed by atoms with Crippen LogP contribution in [-0.2, 0) is 0 Å². The molecule has 2 N–H and O–H groups in total. The minimum atomic E-state index is 0.622. The van der Waals surface area contributed by atoms with E-state index in [4.69, 9.17) is 4.74 Å². The highest BCUT2D eigenvalue weighted by molar-refractivity contribution is 5.69. The molecule has 3 rings (SSSR count). The number of anilines is 3. The van der Waals surface area contributed by atoms with E-state index in [1.165, 1.54) is 0 Å².